The van der Waals surface area contributed by atoms with Crippen molar-refractivity contribution in [3.63, 3.8) is 0 Å². The van der Waals surface area contributed by atoms with Crippen molar-refractivity contribution < 1.29 is 0 Å². The lowest BCUT2D eigenvalue weighted by atomic mass is 10.1. The third-order valence-electron chi connectivity index (χ3n) is 1.92. The molecule has 1 aromatic carbocycles. The van der Waals surface area contributed by atoms with Crippen molar-refractivity contribution in [2.45, 2.75) is 5.88 Å². The van der Waals surface area contributed by atoms with Crippen LogP contribution in [0.1, 0.15) is 5.69 Å². The van der Waals surface area contributed by atoms with Crippen molar-refractivity contribution >= 4 is 23.4 Å². The highest BCUT2D eigenvalue weighted by molar-refractivity contribution is 6.18. The van der Waals surface area contributed by atoms with Gasteiger partial charge < -0.3 is 0 Å². The predicted molar refractivity (Wildman–Crippen MR) is 58.5 cm³/mol. The smallest absolute Gasteiger partial charge is 0.0874 e. The molecule has 0 saturated carbocycles. The number of benzene rings is 1. The van der Waals surface area contributed by atoms with Gasteiger partial charge in [0.1, 0.15) is 0 Å². The molecule has 0 saturated heterocycles. The monoisotopic (exact) mass is 226 g/mol. The summed E-state index contributed by atoms with van der Waals surface area (Å²) in [6.07, 6.45) is 0. The highest BCUT2D eigenvalue weighted by atomic mass is 35.5. The number of hydrogen-bond acceptors (Lipinski definition) is 1. The second kappa shape index (κ2) is 4.03. The third-order valence-corrected chi connectivity index (χ3v) is 2.46. The Labute approximate surface area is 92.2 Å². The Morgan fingerprint density at radius 2 is 1.93 bits per heavy atom. The first kappa shape index (κ1) is 9.56. The van der Waals surface area contributed by atoms with E-state index in [0.29, 0.717) is 5.88 Å². The van der Waals surface area contributed by atoms with Crippen LogP contribution in [0.4, 0.5) is 0 Å². The molecule has 2 nitrogen and oxygen atoms in total. The average molecular weight is 227 g/mol. The van der Waals surface area contributed by atoms with Crippen molar-refractivity contribution in [2.75, 3.05) is 0 Å². The fourth-order valence-corrected chi connectivity index (χ4v) is 1.64. The van der Waals surface area contributed by atoms with Gasteiger partial charge in [-0.25, -0.2) is 0 Å². The lowest BCUT2D eigenvalue weighted by Crippen LogP contribution is -1.87. The van der Waals surface area contributed by atoms with Gasteiger partial charge in [0, 0.05) is 17.3 Å². The van der Waals surface area contributed by atoms with Gasteiger partial charge in [0.05, 0.1) is 17.3 Å². The highest BCUT2D eigenvalue weighted by Gasteiger charge is 2.06. The van der Waals surface area contributed by atoms with Crippen LogP contribution in [0.15, 0.2) is 36.4 Å². The molecular weight excluding hydrogens is 219 g/mol. The zero-order valence-electron chi connectivity index (χ0n) is 7.32. The fraction of sp³-hybridized carbons (Fsp3) is 0.100. The molecule has 2 aromatic rings. The van der Waals surface area contributed by atoms with Crippen LogP contribution < -0.4 is 0 Å². The summed E-state index contributed by atoms with van der Waals surface area (Å²) >= 11 is 11.6. The number of rotatable bonds is 2. The molecule has 0 radical (unpaired) electrons. The Kier molecular flexibility index (Phi) is 2.75. The van der Waals surface area contributed by atoms with Gasteiger partial charge >= 0.3 is 0 Å². The maximum absolute atomic E-state index is 5.91. The van der Waals surface area contributed by atoms with E-state index in [-0.39, 0.29) is 0 Å². The van der Waals surface area contributed by atoms with E-state index >= 15 is 0 Å². The van der Waals surface area contributed by atoms with Crippen LogP contribution in [0.5, 0.6) is 0 Å². The Balaban J connectivity index is 2.46. The van der Waals surface area contributed by atoms with Crippen LogP contribution >= 0.6 is 23.4 Å². The van der Waals surface area contributed by atoms with E-state index in [4.69, 9.17) is 23.4 Å². The van der Waals surface area contributed by atoms with Crippen molar-refractivity contribution in [3.8, 4) is 11.3 Å². The van der Waals surface area contributed by atoms with Gasteiger partial charge in [-0.05, 0) is 6.07 Å². The number of aromatic nitrogens is 2. The number of halogens is 2. The normalized spacial score (nSPS) is 10.4. The molecule has 0 N–H and O–H groups in total. The van der Waals surface area contributed by atoms with E-state index in [2.05, 4.69) is 5.10 Å². The summed E-state index contributed by atoms with van der Waals surface area (Å²) in [6, 6.07) is 11.7. The zero-order chi connectivity index (χ0) is 9.97. The lowest BCUT2D eigenvalue weighted by Gasteiger charge is -1.97. The van der Waals surface area contributed by atoms with Gasteiger partial charge in [0.25, 0.3) is 0 Å². The molecule has 0 fully saturated rings. The topological polar surface area (TPSA) is 17.8 Å². The number of nitrogens with zero attached hydrogens (tertiary/aromatic N) is 2. The summed E-state index contributed by atoms with van der Waals surface area (Å²) in [5.41, 5.74) is 2.68. The number of alkyl halides is 1. The molecule has 0 amide bonds. The van der Waals surface area contributed by atoms with Gasteiger partial charge in [-0.1, -0.05) is 30.3 Å². The molecule has 0 aliphatic carbocycles. The average Bonchev–Trinajstić information content (AvgIpc) is 2.61. The minimum atomic E-state index is 0.375. The molecule has 4 heteroatoms. The Bertz CT molecular complexity index is 423. The van der Waals surface area contributed by atoms with E-state index < -0.39 is 0 Å². The van der Waals surface area contributed by atoms with Crippen LogP contribution in [0, 0.1) is 0 Å². The summed E-state index contributed by atoms with van der Waals surface area (Å²) in [5, 5.41) is 4.06. The Morgan fingerprint density at radius 1 is 1.21 bits per heavy atom. The number of hydrogen-bond donors (Lipinski definition) is 0. The van der Waals surface area contributed by atoms with Crippen LogP contribution in [-0.2, 0) is 5.88 Å². The van der Waals surface area contributed by atoms with Gasteiger partial charge in [0.2, 0.25) is 0 Å². The molecule has 1 heterocycles. The first-order valence-electron chi connectivity index (χ1n) is 4.18. The SMILES string of the molecule is ClCc1cc(-c2ccccc2)n(Cl)n1. The minimum Gasteiger partial charge on any atom is -0.172 e. The van der Waals surface area contributed by atoms with Crippen LogP contribution in [0.2, 0.25) is 0 Å². The molecule has 14 heavy (non-hydrogen) atoms. The van der Waals surface area contributed by atoms with Gasteiger partial charge in [-0.2, -0.15) is 9.30 Å². The fourth-order valence-electron chi connectivity index (χ4n) is 1.27. The Morgan fingerprint density at radius 3 is 2.50 bits per heavy atom. The second-order valence-corrected chi connectivity index (χ2v) is 3.47. The quantitative estimate of drug-likeness (QED) is 0.719. The van der Waals surface area contributed by atoms with Crippen molar-refractivity contribution in [2.24, 2.45) is 0 Å². The highest BCUT2D eigenvalue weighted by Crippen LogP contribution is 2.21. The standard InChI is InChI=1S/C10H8Cl2N2/c11-7-9-6-10(14(12)13-9)8-4-2-1-3-5-8/h1-6H,7H2. The summed E-state index contributed by atoms with van der Waals surface area (Å²) in [7, 11) is 0. The van der Waals surface area contributed by atoms with E-state index in [9.17, 15) is 0 Å². The first-order chi connectivity index (χ1) is 6.81. The van der Waals surface area contributed by atoms with Crippen LogP contribution in [0.3, 0.4) is 0 Å². The van der Waals surface area contributed by atoms with Gasteiger partial charge in [-0.3, -0.25) is 0 Å². The molecule has 0 unspecified atom stereocenters. The van der Waals surface area contributed by atoms with E-state index in [1.54, 1.807) is 0 Å². The zero-order valence-corrected chi connectivity index (χ0v) is 8.83. The van der Waals surface area contributed by atoms with E-state index in [1.165, 1.54) is 4.20 Å². The minimum absolute atomic E-state index is 0.375. The molecule has 0 bridgehead atoms. The second-order valence-electron chi connectivity index (χ2n) is 2.88. The van der Waals surface area contributed by atoms with Crippen molar-refractivity contribution in [3.05, 3.63) is 42.1 Å². The summed E-state index contributed by atoms with van der Waals surface area (Å²) in [5.74, 6) is 0.375. The maximum Gasteiger partial charge on any atom is 0.0874 e. The summed E-state index contributed by atoms with van der Waals surface area (Å²) in [4.78, 5) is 0. The largest absolute Gasteiger partial charge is 0.172 e. The van der Waals surface area contributed by atoms with Crippen molar-refractivity contribution in [1.82, 2.24) is 9.30 Å². The van der Waals surface area contributed by atoms with E-state index in [0.717, 1.165) is 17.0 Å². The van der Waals surface area contributed by atoms with Crippen molar-refractivity contribution in [1.29, 1.82) is 0 Å². The van der Waals surface area contributed by atoms with Gasteiger partial charge in [0.15, 0.2) is 0 Å². The predicted octanol–water partition coefficient (Wildman–Crippen LogP) is 3.29. The van der Waals surface area contributed by atoms with E-state index in [1.807, 2.05) is 36.4 Å². The lowest BCUT2D eigenvalue weighted by molar-refractivity contribution is 0.961. The van der Waals surface area contributed by atoms with Gasteiger partial charge in [-0.15, -0.1) is 11.6 Å². The molecule has 1 aromatic heterocycles. The first-order valence-corrected chi connectivity index (χ1v) is 5.05. The van der Waals surface area contributed by atoms with Crippen LogP contribution in [0.25, 0.3) is 11.3 Å². The third kappa shape index (κ3) is 1.76. The summed E-state index contributed by atoms with van der Waals surface area (Å²) < 4.78 is 1.33. The molecule has 0 spiro atoms. The van der Waals surface area contributed by atoms with Crippen LogP contribution in [-0.4, -0.2) is 9.30 Å². The molecule has 2 rings (SSSR count). The molecular formula is C10H8Cl2N2. The maximum atomic E-state index is 5.91. The molecule has 0 atom stereocenters. The molecule has 0 aliphatic rings. The summed E-state index contributed by atoms with van der Waals surface area (Å²) in [6.45, 7) is 0. The Hall–Kier alpha value is -0.990. The molecule has 72 valence electrons. The molecule has 0 aliphatic heterocycles.